The summed E-state index contributed by atoms with van der Waals surface area (Å²) in [4.78, 5) is 13.6. The number of carbonyl (C=O) groups is 1. The van der Waals surface area contributed by atoms with Gasteiger partial charge in [0.2, 0.25) is 5.91 Å². The molecule has 2 aliphatic rings. The van der Waals surface area contributed by atoms with Crippen molar-refractivity contribution in [1.29, 1.82) is 0 Å². The van der Waals surface area contributed by atoms with Crippen LogP contribution in [-0.4, -0.2) is 37.0 Å². The average molecular weight is 222 g/mol. The molecule has 2 fully saturated rings. The molecule has 3 heteroatoms. The molecule has 3 atom stereocenters. The molecule has 0 spiro atoms. The number of piperidine rings is 1. The van der Waals surface area contributed by atoms with E-state index in [1.54, 1.807) is 4.90 Å². The van der Waals surface area contributed by atoms with Gasteiger partial charge in [-0.2, -0.15) is 0 Å². The van der Waals surface area contributed by atoms with Gasteiger partial charge in [0, 0.05) is 20.1 Å². The fourth-order valence-electron chi connectivity index (χ4n) is 2.96. The van der Waals surface area contributed by atoms with Gasteiger partial charge in [0.15, 0.2) is 0 Å². The highest BCUT2D eigenvalue weighted by atomic mass is 16.2. The van der Waals surface area contributed by atoms with Gasteiger partial charge in [0.1, 0.15) is 0 Å². The molecule has 3 unspecified atom stereocenters. The van der Waals surface area contributed by atoms with E-state index in [2.05, 4.69) is 11.9 Å². The minimum Gasteiger partial charge on any atom is -0.347 e. The Balaban J connectivity index is 1.95. The third-order valence-electron chi connectivity index (χ3n) is 3.91. The fourth-order valence-corrected chi connectivity index (χ4v) is 2.96. The number of nitrogens with zero attached hydrogens (tertiary/aromatic N) is 1. The second-order valence-corrected chi connectivity index (χ2v) is 5.39. The molecule has 1 heterocycles. The second kappa shape index (κ2) is 4.58. The van der Waals surface area contributed by atoms with E-state index in [0.29, 0.717) is 12.0 Å². The summed E-state index contributed by atoms with van der Waals surface area (Å²) < 4.78 is 0. The lowest BCUT2D eigenvalue weighted by Crippen LogP contribution is -2.54. The molecule has 0 bridgehead atoms. The molecule has 0 aromatic carbocycles. The maximum absolute atomic E-state index is 11.9. The van der Waals surface area contributed by atoms with Gasteiger partial charge in [-0.3, -0.25) is 4.79 Å². The van der Waals surface area contributed by atoms with Crippen molar-refractivity contribution in [2.45, 2.75) is 44.2 Å². The minimum absolute atomic E-state index is 0.0441. The molecule has 0 aromatic rings. The van der Waals surface area contributed by atoms with Crippen LogP contribution in [0.15, 0.2) is 12.2 Å². The van der Waals surface area contributed by atoms with Gasteiger partial charge in [-0.15, -0.1) is 0 Å². The van der Waals surface area contributed by atoms with Crippen LogP contribution < -0.4 is 5.32 Å². The quantitative estimate of drug-likeness (QED) is 0.683. The normalized spacial score (nSPS) is 34.4. The first-order valence-corrected chi connectivity index (χ1v) is 6.22. The Labute approximate surface area is 97.9 Å². The van der Waals surface area contributed by atoms with E-state index in [4.69, 9.17) is 0 Å². The lowest BCUT2D eigenvalue weighted by molar-refractivity contribution is -0.132. The molecule has 1 saturated carbocycles. The van der Waals surface area contributed by atoms with Crippen molar-refractivity contribution in [3.63, 3.8) is 0 Å². The van der Waals surface area contributed by atoms with Crippen molar-refractivity contribution < 1.29 is 4.79 Å². The van der Waals surface area contributed by atoms with Crippen LogP contribution in [0, 0.1) is 5.92 Å². The molecular formula is C13H22N2O. The number of likely N-dealkylation sites (N-methyl/N-ethyl adjacent to an activating group) is 1. The number of carbonyl (C=O) groups excluding carboxylic acids is 1. The number of nitrogens with one attached hydrogen (secondary N) is 1. The largest absolute Gasteiger partial charge is 0.347 e. The van der Waals surface area contributed by atoms with Crippen molar-refractivity contribution in [3.8, 4) is 0 Å². The maximum Gasteiger partial charge on any atom is 0.239 e. The van der Waals surface area contributed by atoms with Crippen LogP contribution in [0.25, 0.3) is 0 Å². The molecule has 3 nitrogen and oxygen atoms in total. The van der Waals surface area contributed by atoms with Crippen molar-refractivity contribution in [2.24, 2.45) is 5.92 Å². The molecule has 0 radical (unpaired) electrons. The summed E-state index contributed by atoms with van der Waals surface area (Å²) in [6.45, 7) is 4.08. The zero-order valence-corrected chi connectivity index (χ0v) is 10.3. The lowest BCUT2D eigenvalue weighted by atomic mass is 9.76. The van der Waals surface area contributed by atoms with Crippen LogP contribution in [0.1, 0.15) is 32.1 Å². The first-order valence-electron chi connectivity index (χ1n) is 6.22. The van der Waals surface area contributed by atoms with Gasteiger partial charge in [-0.25, -0.2) is 0 Å². The third-order valence-corrected chi connectivity index (χ3v) is 3.91. The Kier molecular flexibility index (Phi) is 3.33. The van der Waals surface area contributed by atoms with Gasteiger partial charge < -0.3 is 10.2 Å². The predicted molar refractivity (Wildman–Crippen MR) is 65.1 cm³/mol. The van der Waals surface area contributed by atoms with Crippen molar-refractivity contribution in [2.75, 3.05) is 14.1 Å². The summed E-state index contributed by atoms with van der Waals surface area (Å²) in [5.74, 6) is 0.940. The van der Waals surface area contributed by atoms with Crippen LogP contribution in [0.2, 0.25) is 0 Å². The highest BCUT2D eigenvalue weighted by Gasteiger charge is 2.35. The Hall–Kier alpha value is -0.830. The molecule has 1 saturated heterocycles. The highest BCUT2D eigenvalue weighted by molar-refractivity contribution is 5.81. The number of fused-ring (bicyclic) bond motifs is 1. The number of allylic oxidation sites excluding steroid dienone is 1. The number of amides is 1. The summed E-state index contributed by atoms with van der Waals surface area (Å²) in [6.07, 6.45) is 5.57. The molecule has 16 heavy (non-hydrogen) atoms. The van der Waals surface area contributed by atoms with Crippen molar-refractivity contribution >= 4 is 5.91 Å². The Morgan fingerprint density at radius 3 is 2.81 bits per heavy atom. The molecule has 1 N–H and O–H groups in total. The van der Waals surface area contributed by atoms with Crippen molar-refractivity contribution in [1.82, 2.24) is 10.2 Å². The molecule has 0 aromatic heterocycles. The van der Waals surface area contributed by atoms with Gasteiger partial charge in [0.05, 0.1) is 6.04 Å². The molecule has 1 aliphatic heterocycles. The van der Waals surface area contributed by atoms with E-state index in [1.807, 2.05) is 14.1 Å². The topological polar surface area (TPSA) is 32.3 Å². The number of hydrogen-bond donors (Lipinski definition) is 1. The van der Waals surface area contributed by atoms with Crippen molar-refractivity contribution in [3.05, 3.63) is 12.2 Å². The van der Waals surface area contributed by atoms with Crippen LogP contribution in [0.3, 0.4) is 0 Å². The van der Waals surface area contributed by atoms with Crippen LogP contribution in [0.5, 0.6) is 0 Å². The predicted octanol–water partition coefficient (Wildman–Crippen LogP) is 1.55. The van der Waals surface area contributed by atoms with Crippen LogP contribution in [0.4, 0.5) is 0 Å². The number of rotatable bonds is 1. The Bertz CT molecular complexity index is 298. The zero-order chi connectivity index (χ0) is 11.7. The fraction of sp³-hybridized carbons (Fsp3) is 0.769. The molecule has 2 rings (SSSR count). The maximum atomic E-state index is 11.9. The van der Waals surface area contributed by atoms with Crippen LogP contribution in [-0.2, 0) is 4.79 Å². The summed E-state index contributed by atoms with van der Waals surface area (Å²) in [5.41, 5.74) is 1.39. The van der Waals surface area contributed by atoms with Gasteiger partial charge >= 0.3 is 0 Å². The van der Waals surface area contributed by atoms with Gasteiger partial charge in [-0.05, 0) is 38.0 Å². The summed E-state index contributed by atoms with van der Waals surface area (Å²) in [7, 11) is 3.66. The average Bonchev–Trinajstić information content (AvgIpc) is 2.27. The molecule has 1 aliphatic carbocycles. The standard InChI is InChI=1S/C13H22N2O/c1-9-4-6-11-10(8-9)5-7-12(14-11)13(16)15(2)3/h10-12,14H,1,4-8H2,2-3H3. The second-order valence-electron chi connectivity index (χ2n) is 5.39. The van der Waals surface area contributed by atoms with Crippen LogP contribution >= 0.6 is 0 Å². The lowest BCUT2D eigenvalue weighted by Gasteiger charge is -2.41. The highest BCUT2D eigenvalue weighted by Crippen LogP contribution is 2.34. The Morgan fingerprint density at radius 1 is 1.38 bits per heavy atom. The smallest absolute Gasteiger partial charge is 0.239 e. The van der Waals surface area contributed by atoms with E-state index in [9.17, 15) is 4.79 Å². The monoisotopic (exact) mass is 222 g/mol. The van der Waals surface area contributed by atoms with Gasteiger partial charge in [0.25, 0.3) is 0 Å². The molecule has 90 valence electrons. The SMILES string of the molecule is C=C1CCC2NC(C(=O)N(C)C)CCC2C1. The third kappa shape index (κ3) is 2.29. The van der Waals surface area contributed by atoms with Gasteiger partial charge in [-0.1, -0.05) is 12.2 Å². The zero-order valence-electron chi connectivity index (χ0n) is 10.3. The molecular weight excluding hydrogens is 200 g/mol. The van der Waals surface area contributed by atoms with E-state index in [1.165, 1.54) is 12.0 Å². The summed E-state index contributed by atoms with van der Waals surface area (Å²) >= 11 is 0. The van der Waals surface area contributed by atoms with E-state index in [-0.39, 0.29) is 11.9 Å². The first kappa shape index (κ1) is 11.6. The van der Waals surface area contributed by atoms with E-state index in [0.717, 1.165) is 25.7 Å². The Morgan fingerprint density at radius 2 is 2.12 bits per heavy atom. The summed E-state index contributed by atoms with van der Waals surface area (Å²) in [6, 6.07) is 0.579. The van der Waals surface area contributed by atoms with E-state index < -0.39 is 0 Å². The summed E-state index contributed by atoms with van der Waals surface area (Å²) in [5, 5.41) is 3.52. The number of hydrogen-bond acceptors (Lipinski definition) is 2. The first-order chi connectivity index (χ1) is 7.58. The molecule has 1 amide bonds. The minimum atomic E-state index is 0.0441. The van der Waals surface area contributed by atoms with E-state index >= 15 is 0 Å².